The first-order valence-electron chi connectivity index (χ1n) is 5.31. The molecule has 0 aromatic heterocycles. The smallest absolute Gasteiger partial charge is 0.310 e. The van der Waals surface area contributed by atoms with E-state index in [-0.39, 0.29) is 0 Å². The Morgan fingerprint density at radius 2 is 2.35 bits per heavy atom. The van der Waals surface area contributed by atoms with Gasteiger partial charge in [-0.05, 0) is 18.6 Å². The summed E-state index contributed by atoms with van der Waals surface area (Å²) in [5, 5.41) is 9.08. The predicted molar refractivity (Wildman–Crippen MR) is 65.9 cm³/mol. The minimum atomic E-state index is -0.855. The molecule has 5 heteroatoms. The van der Waals surface area contributed by atoms with Gasteiger partial charge in [0.1, 0.15) is 0 Å². The van der Waals surface area contributed by atoms with Crippen LogP contribution in [0.4, 0.5) is 0 Å². The normalized spacial score (nSPS) is 15.0. The number of rotatable bonds is 3. The summed E-state index contributed by atoms with van der Waals surface area (Å²) in [7, 11) is 1.56. The lowest BCUT2D eigenvalue weighted by atomic mass is 9.97. The van der Waals surface area contributed by atoms with Crippen molar-refractivity contribution in [3.8, 4) is 11.5 Å². The summed E-state index contributed by atoms with van der Waals surface area (Å²) in [6.45, 7) is 2.26. The number of carboxylic acids is 1. The number of aliphatic carboxylic acids is 1. The number of benzene rings is 1. The largest absolute Gasteiger partial charge is 0.493 e. The second-order valence-electron chi connectivity index (χ2n) is 3.95. The summed E-state index contributed by atoms with van der Waals surface area (Å²) in [6, 6.07) is 1.73. The summed E-state index contributed by atoms with van der Waals surface area (Å²) >= 11 is 3.47. The van der Waals surface area contributed by atoms with Crippen LogP contribution >= 0.6 is 15.9 Å². The number of halogens is 1. The van der Waals surface area contributed by atoms with Crippen molar-refractivity contribution in [2.75, 3.05) is 13.7 Å². The minimum absolute atomic E-state index is 0.579. The fraction of sp³-hybridized carbons (Fsp3) is 0.417. The molecule has 1 unspecified atom stereocenters. The molecular formula is C12H13BrO4. The molecule has 0 fully saturated rings. The van der Waals surface area contributed by atoms with Crippen LogP contribution in [0.3, 0.4) is 0 Å². The third-order valence-electron chi connectivity index (χ3n) is 2.96. The van der Waals surface area contributed by atoms with Crippen molar-refractivity contribution in [1.29, 1.82) is 0 Å². The van der Waals surface area contributed by atoms with Gasteiger partial charge in [0.2, 0.25) is 0 Å². The van der Waals surface area contributed by atoms with E-state index in [2.05, 4.69) is 15.9 Å². The van der Waals surface area contributed by atoms with Crippen molar-refractivity contribution in [2.45, 2.75) is 19.3 Å². The van der Waals surface area contributed by atoms with Gasteiger partial charge >= 0.3 is 5.97 Å². The lowest BCUT2D eigenvalue weighted by Crippen LogP contribution is -2.09. The highest BCUT2D eigenvalue weighted by atomic mass is 79.9. The van der Waals surface area contributed by atoms with E-state index < -0.39 is 11.9 Å². The Hall–Kier alpha value is -1.23. The lowest BCUT2D eigenvalue weighted by Gasteiger charge is -2.15. The molecular weight excluding hydrogens is 288 g/mol. The Bertz CT molecular complexity index is 470. The molecule has 1 atom stereocenters. The SMILES string of the molecule is COc1cc(C(C)C(=O)O)c(Br)c2c1OCC2. The minimum Gasteiger partial charge on any atom is -0.493 e. The van der Waals surface area contributed by atoms with Gasteiger partial charge in [0.05, 0.1) is 19.6 Å². The average molecular weight is 301 g/mol. The maximum atomic E-state index is 11.1. The molecule has 2 rings (SSSR count). The Morgan fingerprint density at radius 3 is 2.94 bits per heavy atom. The zero-order valence-electron chi connectivity index (χ0n) is 9.62. The molecule has 92 valence electrons. The first kappa shape index (κ1) is 12.2. The van der Waals surface area contributed by atoms with Crippen LogP contribution in [0.2, 0.25) is 0 Å². The Balaban J connectivity index is 2.58. The van der Waals surface area contributed by atoms with Gasteiger partial charge in [-0.25, -0.2) is 0 Å². The molecule has 1 aromatic carbocycles. The molecule has 1 aromatic rings. The maximum Gasteiger partial charge on any atom is 0.310 e. The standard InChI is InChI=1S/C12H13BrO4/c1-6(12(14)15)8-5-9(16-2)11-7(10(8)13)3-4-17-11/h5-6H,3-4H2,1-2H3,(H,14,15). The van der Waals surface area contributed by atoms with Gasteiger partial charge in [-0.3, -0.25) is 4.79 Å². The van der Waals surface area contributed by atoms with Crippen LogP contribution in [0.25, 0.3) is 0 Å². The van der Waals surface area contributed by atoms with Gasteiger partial charge in [0.25, 0.3) is 0 Å². The Morgan fingerprint density at radius 1 is 1.65 bits per heavy atom. The van der Waals surface area contributed by atoms with Crippen LogP contribution in [-0.4, -0.2) is 24.8 Å². The fourth-order valence-electron chi connectivity index (χ4n) is 1.93. The molecule has 1 aliphatic heterocycles. The third-order valence-corrected chi connectivity index (χ3v) is 3.89. The zero-order valence-corrected chi connectivity index (χ0v) is 11.2. The van der Waals surface area contributed by atoms with E-state index in [1.165, 1.54) is 0 Å². The second kappa shape index (κ2) is 4.56. The van der Waals surface area contributed by atoms with Crippen molar-refractivity contribution in [1.82, 2.24) is 0 Å². The number of fused-ring (bicyclic) bond motifs is 1. The summed E-state index contributed by atoms with van der Waals surface area (Å²) in [4.78, 5) is 11.1. The van der Waals surface area contributed by atoms with Gasteiger partial charge < -0.3 is 14.6 Å². The number of methoxy groups -OCH3 is 1. The van der Waals surface area contributed by atoms with Crippen LogP contribution in [-0.2, 0) is 11.2 Å². The van der Waals surface area contributed by atoms with Gasteiger partial charge in [-0.2, -0.15) is 0 Å². The molecule has 0 saturated carbocycles. The van der Waals surface area contributed by atoms with E-state index in [4.69, 9.17) is 14.6 Å². The summed E-state index contributed by atoms with van der Waals surface area (Å²) in [6.07, 6.45) is 0.770. The molecule has 1 N–H and O–H groups in total. The van der Waals surface area contributed by atoms with Crippen molar-refractivity contribution in [2.24, 2.45) is 0 Å². The molecule has 0 bridgehead atoms. The highest BCUT2D eigenvalue weighted by Gasteiger charge is 2.27. The van der Waals surface area contributed by atoms with Gasteiger partial charge in [-0.1, -0.05) is 15.9 Å². The van der Waals surface area contributed by atoms with Crippen molar-refractivity contribution >= 4 is 21.9 Å². The summed E-state index contributed by atoms with van der Waals surface area (Å²) in [5.74, 6) is -0.111. The monoisotopic (exact) mass is 300 g/mol. The summed E-state index contributed by atoms with van der Waals surface area (Å²) < 4.78 is 11.6. The molecule has 0 saturated heterocycles. The fourth-order valence-corrected chi connectivity index (χ4v) is 2.77. The van der Waals surface area contributed by atoms with Crippen LogP contribution in [0.15, 0.2) is 10.5 Å². The van der Waals surface area contributed by atoms with Crippen LogP contribution in [0.1, 0.15) is 24.0 Å². The molecule has 0 spiro atoms. The van der Waals surface area contributed by atoms with E-state index in [1.807, 2.05) is 0 Å². The Labute approximate surface area is 108 Å². The first-order valence-corrected chi connectivity index (χ1v) is 6.10. The second-order valence-corrected chi connectivity index (χ2v) is 4.74. The van der Waals surface area contributed by atoms with E-state index in [0.29, 0.717) is 12.4 Å². The quantitative estimate of drug-likeness (QED) is 0.932. The molecule has 1 heterocycles. The molecule has 4 nitrogen and oxygen atoms in total. The molecule has 0 aliphatic carbocycles. The van der Waals surface area contributed by atoms with E-state index >= 15 is 0 Å². The van der Waals surface area contributed by atoms with Crippen LogP contribution in [0, 0.1) is 0 Å². The molecule has 1 aliphatic rings. The summed E-state index contributed by atoms with van der Waals surface area (Å²) in [5.41, 5.74) is 1.71. The molecule has 0 radical (unpaired) electrons. The third kappa shape index (κ3) is 1.99. The highest BCUT2D eigenvalue weighted by molar-refractivity contribution is 9.10. The number of ether oxygens (including phenoxy) is 2. The van der Waals surface area contributed by atoms with E-state index in [0.717, 1.165) is 27.8 Å². The van der Waals surface area contributed by atoms with Gasteiger partial charge in [-0.15, -0.1) is 0 Å². The number of carboxylic acid groups (broad SMARTS) is 1. The average Bonchev–Trinajstić information content (AvgIpc) is 2.78. The zero-order chi connectivity index (χ0) is 12.6. The predicted octanol–water partition coefficient (Wildman–Crippen LogP) is 2.58. The Kier molecular flexibility index (Phi) is 3.28. The number of hydrogen-bond donors (Lipinski definition) is 1. The molecule has 17 heavy (non-hydrogen) atoms. The van der Waals surface area contributed by atoms with Crippen molar-refractivity contribution < 1.29 is 19.4 Å². The van der Waals surface area contributed by atoms with E-state index in [1.54, 1.807) is 20.1 Å². The lowest BCUT2D eigenvalue weighted by molar-refractivity contribution is -0.138. The van der Waals surface area contributed by atoms with Crippen molar-refractivity contribution in [3.05, 3.63) is 21.7 Å². The number of carbonyl (C=O) groups is 1. The van der Waals surface area contributed by atoms with Crippen LogP contribution in [0.5, 0.6) is 11.5 Å². The highest BCUT2D eigenvalue weighted by Crippen LogP contribution is 2.44. The van der Waals surface area contributed by atoms with Crippen LogP contribution < -0.4 is 9.47 Å². The maximum absolute atomic E-state index is 11.1. The van der Waals surface area contributed by atoms with Gasteiger partial charge in [0.15, 0.2) is 11.5 Å². The van der Waals surface area contributed by atoms with E-state index in [9.17, 15) is 4.79 Å². The van der Waals surface area contributed by atoms with Crippen molar-refractivity contribution in [3.63, 3.8) is 0 Å². The van der Waals surface area contributed by atoms with Gasteiger partial charge in [0, 0.05) is 16.5 Å². The number of hydrogen-bond acceptors (Lipinski definition) is 3. The first-order chi connectivity index (χ1) is 8.06. The molecule has 0 amide bonds. The topological polar surface area (TPSA) is 55.8 Å².